The normalized spacial score (nSPS) is 26.9. The van der Waals surface area contributed by atoms with E-state index in [4.69, 9.17) is 4.74 Å². The van der Waals surface area contributed by atoms with E-state index in [9.17, 15) is 14.4 Å². The third-order valence-corrected chi connectivity index (χ3v) is 2.08. The number of aliphatic hydroxyl groups excluding tert-OH is 1. The molecule has 15 heavy (non-hydrogen) atoms. The van der Waals surface area contributed by atoms with Gasteiger partial charge in [0, 0.05) is 6.54 Å². The fourth-order valence-electron chi connectivity index (χ4n) is 1.37. The van der Waals surface area contributed by atoms with E-state index in [1.165, 1.54) is 10.4 Å². The Balaban J connectivity index is 2.50. The molecule has 1 aliphatic heterocycles. The van der Waals surface area contributed by atoms with Gasteiger partial charge in [0.2, 0.25) is 0 Å². The number of hydrogen-bond donors (Lipinski definition) is 2. The maximum Gasteiger partial charge on any atom is 0.410 e. The second-order valence-electron chi connectivity index (χ2n) is 4.67. The number of nitrogens with one attached hydrogen (secondary N) is 1. The highest BCUT2D eigenvalue weighted by Gasteiger charge is 2.36. The molecule has 0 radical (unpaired) electrons. The predicted molar refractivity (Wildman–Crippen MR) is 51.8 cm³/mol. The molecule has 1 heterocycles. The van der Waals surface area contributed by atoms with Crippen molar-refractivity contribution in [3.63, 3.8) is 0 Å². The fourth-order valence-corrected chi connectivity index (χ4v) is 1.37. The molecule has 1 amide bonds. The Kier molecular flexibility index (Phi) is 3.51. The fraction of sp³-hybridized carbons (Fsp3) is 0.889. The summed E-state index contributed by atoms with van der Waals surface area (Å²) in [5, 5.41) is 9.35. The van der Waals surface area contributed by atoms with Gasteiger partial charge >= 0.3 is 6.09 Å². The van der Waals surface area contributed by atoms with Crippen LogP contribution >= 0.6 is 0 Å². The summed E-state index contributed by atoms with van der Waals surface area (Å²) in [6, 6.07) is -0.725. The van der Waals surface area contributed by atoms with Crippen LogP contribution in [0.2, 0.25) is 0 Å². The molecule has 0 spiro atoms. The first-order chi connectivity index (χ1) is 6.83. The van der Waals surface area contributed by atoms with Crippen molar-refractivity contribution < 1.29 is 19.1 Å². The Hall–Kier alpha value is -0.880. The molecule has 0 aromatic rings. The van der Waals surface area contributed by atoms with Gasteiger partial charge in [-0.15, -0.1) is 4.48 Å². The van der Waals surface area contributed by atoms with E-state index in [0.29, 0.717) is 0 Å². The van der Waals surface area contributed by atoms with Gasteiger partial charge in [-0.25, -0.2) is 4.79 Å². The molecule has 88 valence electrons. The number of rotatable bonds is 1. The van der Waals surface area contributed by atoms with Gasteiger partial charge in [0.1, 0.15) is 5.60 Å². The number of likely N-dealkylation sites (tertiary alicyclic amines) is 1. The molecule has 0 unspecified atom stereocenters. The lowest BCUT2D eigenvalue weighted by molar-refractivity contribution is 0.0270. The first-order valence-electron chi connectivity index (χ1n) is 4.85. The molecule has 5 nitrogen and oxygen atoms in total. The van der Waals surface area contributed by atoms with Gasteiger partial charge < -0.3 is 14.7 Å². The van der Waals surface area contributed by atoms with Crippen molar-refractivity contribution in [2.24, 2.45) is 0 Å². The molecule has 1 aliphatic rings. The summed E-state index contributed by atoms with van der Waals surface area (Å²) in [6.45, 7) is 5.47. The van der Waals surface area contributed by atoms with Crippen LogP contribution in [-0.4, -0.2) is 46.9 Å². The van der Waals surface area contributed by atoms with E-state index in [1.807, 2.05) is 0 Å². The molecule has 2 atom stereocenters. The summed E-state index contributed by atoms with van der Waals surface area (Å²) in [4.78, 5) is 12.8. The molecular formula is C9H17FN2O3. The summed E-state index contributed by atoms with van der Waals surface area (Å²) in [7, 11) is 0. The van der Waals surface area contributed by atoms with Gasteiger partial charge in [0.05, 0.1) is 18.7 Å². The predicted octanol–water partition coefficient (Wildman–Crippen LogP) is 0.441. The minimum atomic E-state index is -0.887. The van der Waals surface area contributed by atoms with Crippen LogP contribution in [0.5, 0.6) is 0 Å². The summed E-state index contributed by atoms with van der Waals surface area (Å²) < 4.78 is 17.2. The quantitative estimate of drug-likeness (QED) is 0.629. The number of amides is 1. The highest BCUT2D eigenvalue weighted by molar-refractivity contribution is 5.68. The molecule has 0 aliphatic carbocycles. The number of halogens is 1. The second-order valence-corrected chi connectivity index (χ2v) is 4.67. The van der Waals surface area contributed by atoms with Gasteiger partial charge in [-0.3, -0.25) is 0 Å². The molecule has 0 saturated carbocycles. The largest absolute Gasteiger partial charge is 0.444 e. The van der Waals surface area contributed by atoms with E-state index in [1.54, 1.807) is 20.8 Å². The smallest absolute Gasteiger partial charge is 0.410 e. The molecule has 1 rings (SSSR count). The Morgan fingerprint density at radius 1 is 1.53 bits per heavy atom. The summed E-state index contributed by atoms with van der Waals surface area (Å²) in [5.74, 6) is 0. The number of hydrogen-bond acceptors (Lipinski definition) is 4. The molecular weight excluding hydrogens is 203 g/mol. The Morgan fingerprint density at radius 2 is 2.13 bits per heavy atom. The summed E-state index contributed by atoms with van der Waals surface area (Å²) in [5.41, 5.74) is 0.882. The minimum Gasteiger partial charge on any atom is -0.444 e. The number of carbonyl (C=O) groups excluding carboxylic acids is 1. The molecule has 0 aromatic heterocycles. The number of ether oxygens (including phenoxy) is 1. The third kappa shape index (κ3) is 3.32. The van der Waals surface area contributed by atoms with Crippen molar-refractivity contribution in [2.75, 3.05) is 13.1 Å². The number of nitrogens with zero attached hydrogens (tertiary/aromatic N) is 1. The molecule has 0 bridgehead atoms. The lowest BCUT2D eigenvalue weighted by Crippen LogP contribution is -2.37. The molecule has 6 heteroatoms. The third-order valence-electron chi connectivity index (χ3n) is 2.08. The Bertz CT molecular complexity index is 242. The first-order valence-corrected chi connectivity index (χ1v) is 4.85. The molecule has 2 N–H and O–H groups in total. The monoisotopic (exact) mass is 220 g/mol. The van der Waals surface area contributed by atoms with E-state index in [2.05, 4.69) is 0 Å². The van der Waals surface area contributed by atoms with Crippen molar-refractivity contribution in [1.29, 1.82) is 0 Å². The average molecular weight is 220 g/mol. The van der Waals surface area contributed by atoms with Crippen molar-refractivity contribution in [3.8, 4) is 0 Å². The lowest BCUT2D eigenvalue weighted by atomic mass is 10.2. The summed E-state index contributed by atoms with van der Waals surface area (Å²) in [6.07, 6.45) is -1.41. The minimum absolute atomic E-state index is 0.0938. The summed E-state index contributed by atoms with van der Waals surface area (Å²) >= 11 is 0. The van der Waals surface area contributed by atoms with Crippen LogP contribution in [0.1, 0.15) is 20.8 Å². The van der Waals surface area contributed by atoms with Crippen LogP contribution in [0, 0.1) is 0 Å². The van der Waals surface area contributed by atoms with Crippen LogP contribution < -0.4 is 5.54 Å². The Morgan fingerprint density at radius 3 is 2.53 bits per heavy atom. The SMILES string of the molecule is CC(C)(C)OC(=O)N1C[C@H](NF)[C@@H](O)C1. The zero-order valence-corrected chi connectivity index (χ0v) is 9.16. The maximum absolute atomic E-state index is 12.1. The van der Waals surface area contributed by atoms with Gasteiger partial charge in [-0.2, -0.15) is 5.54 Å². The van der Waals surface area contributed by atoms with Gasteiger partial charge in [0.25, 0.3) is 0 Å². The van der Waals surface area contributed by atoms with Crippen LogP contribution in [0.15, 0.2) is 0 Å². The van der Waals surface area contributed by atoms with E-state index in [0.717, 1.165) is 0 Å². The van der Waals surface area contributed by atoms with Gasteiger partial charge in [-0.1, -0.05) is 0 Å². The highest BCUT2D eigenvalue weighted by Crippen LogP contribution is 2.15. The van der Waals surface area contributed by atoms with Gasteiger partial charge in [-0.05, 0) is 20.8 Å². The highest BCUT2D eigenvalue weighted by atomic mass is 19.2. The van der Waals surface area contributed by atoms with Crippen LogP contribution in [0.3, 0.4) is 0 Å². The Labute approximate surface area is 88.1 Å². The van der Waals surface area contributed by atoms with Crippen LogP contribution in [-0.2, 0) is 4.74 Å². The van der Waals surface area contributed by atoms with Crippen molar-refractivity contribution in [1.82, 2.24) is 10.4 Å². The zero-order chi connectivity index (χ0) is 11.6. The molecule has 1 saturated heterocycles. The van der Waals surface area contributed by atoms with Crippen molar-refractivity contribution >= 4 is 6.09 Å². The first kappa shape index (κ1) is 12.2. The maximum atomic E-state index is 12.1. The topological polar surface area (TPSA) is 61.8 Å². The van der Waals surface area contributed by atoms with Crippen LogP contribution in [0.25, 0.3) is 0 Å². The number of aliphatic hydroxyl groups is 1. The van der Waals surface area contributed by atoms with E-state index >= 15 is 0 Å². The van der Waals surface area contributed by atoms with Crippen LogP contribution in [0.4, 0.5) is 9.28 Å². The van der Waals surface area contributed by atoms with Crippen molar-refractivity contribution in [3.05, 3.63) is 0 Å². The van der Waals surface area contributed by atoms with E-state index < -0.39 is 23.8 Å². The second kappa shape index (κ2) is 4.32. The van der Waals surface area contributed by atoms with E-state index in [-0.39, 0.29) is 13.1 Å². The molecule has 0 aromatic carbocycles. The lowest BCUT2D eigenvalue weighted by Gasteiger charge is -2.24. The van der Waals surface area contributed by atoms with Gasteiger partial charge in [0.15, 0.2) is 0 Å². The number of β-amino-alcohol motifs (C(OH)–C–C–N with tert-alkyl or cyclic N) is 1. The standard InChI is InChI=1S/C9H17FN2O3/c1-9(2,3)15-8(14)12-4-6(11-10)7(13)5-12/h6-7,11,13H,4-5H2,1-3H3/t6-,7-/m0/s1. The number of carbonyl (C=O) groups is 1. The zero-order valence-electron chi connectivity index (χ0n) is 9.16. The average Bonchev–Trinajstić information content (AvgIpc) is 2.43. The molecule has 1 fully saturated rings. The van der Waals surface area contributed by atoms with Crippen molar-refractivity contribution in [2.45, 2.75) is 38.5 Å².